The van der Waals surface area contributed by atoms with Gasteiger partial charge >= 0.3 is 5.91 Å². The number of carbonyl (C=O) groups is 2. The van der Waals surface area contributed by atoms with Crippen LogP contribution in [0.25, 0.3) is 16.0 Å². The van der Waals surface area contributed by atoms with E-state index in [1.807, 2.05) is 81.4 Å². The van der Waals surface area contributed by atoms with Gasteiger partial charge in [0.15, 0.2) is 5.13 Å². The van der Waals surface area contributed by atoms with Crippen molar-refractivity contribution in [1.29, 1.82) is 0 Å². The molecule has 1 atom stereocenters. The fraction of sp³-hybridized carbons (Fsp3) is 0.258. The first-order chi connectivity index (χ1) is 17.5. The van der Waals surface area contributed by atoms with Crippen LogP contribution in [0.3, 0.4) is 0 Å². The van der Waals surface area contributed by atoms with Crippen molar-refractivity contribution in [2.24, 2.45) is 0 Å². The Kier molecular flexibility index (Phi) is 6.03. The minimum absolute atomic E-state index is 0.0517. The van der Waals surface area contributed by atoms with Gasteiger partial charge in [-0.2, -0.15) is 0 Å². The Morgan fingerprint density at radius 3 is 2.24 bits per heavy atom. The van der Waals surface area contributed by atoms with Crippen LogP contribution in [0.1, 0.15) is 60.2 Å². The fourth-order valence-corrected chi connectivity index (χ4v) is 5.86. The zero-order chi connectivity index (χ0) is 26.6. The molecule has 3 aromatic carbocycles. The van der Waals surface area contributed by atoms with Crippen LogP contribution in [0.2, 0.25) is 0 Å². The van der Waals surface area contributed by atoms with Gasteiger partial charge in [0.1, 0.15) is 5.76 Å². The minimum atomic E-state index is -0.796. The van der Waals surface area contributed by atoms with E-state index >= 15 is 0 Å². The van der Waals surface area contributed by atoms with Crippen LogP contribution >= 0.6 is 11.3 Å². The van der Waals surface area contributed by atoms with Gasteiger partial charge in [-0.1, -0.05) is 80.1 Å². The first-order valence-electron chi connectivity index (χ1n) is 12.3. The quantitative estimate of drug-likeness (QED) is 0.181. The number of hydrogen-bond acceptors (Lipinski definition) is 5. The molecule has 1 aliphatic rings. The molecule has 1 aliphatic heterocycles. The largest absolute Gasteiger partial charge is 0.507 e. The van der Waals surface area contributed by atoms with E-state index < -0.39 is 17.7 Å². The second kappa shape index (κ2) is 8.96. The van der Waals surface area contributed by atoms with Gasteiger partial charge in [-0.25, -0.2) is 4.98 Å². The molecule has 5 rings (SSSR count). The van der Waals surface area contributed by atoms with Gasteiger partial charge in [0.05, 0.1) is 21.8 Å². The molecule has 6 heteroatoms. The predicted molar refractivity (Wildman–Crippen MR) is 150 cm³/mol. The third-order valence-corrected chi connectivity index (χ3v) is 7.94. The Hall–Kier alpha value is -3.77. The van der Waals surface area contributed by atoms with Gasteiger partial charge in [-0.05, 0) is 66.6 Å². The lowest BCUT2D eigenvalue weighted by molar-refractivity contribution is -0.132. The number of aryl methyl sites for hydroxylation is 3. The zero-order valence-electron chi connectivity index (χ0n) is 21.9. The van der Waals surface area contributed by atoms with Crippen molar-refractivity contribution in [3.05, 3.63) is 99.6 Å². The molecule has 5 nitrogen and oxygen atoms in total. The molecule has 188 valence electrons. The Morgan fingerprint density at radius 2 is 1.57 bits per heavy atom. The maximum Gasteiger partial charge on any atom is 0.301 e. The van der Waals surface area contributed by atoms with Gasteiger partial charge in [0, 0.05) is 5.56 Å². The number of thiazole rings is 1. The Balaban J connectivity index is 1.74. The van der Waals surface area contributed by atoms with Gasteiger partial charge in [-0.15, -0.1) is 0 Å². The highest BCUT2D eigenvalue weighted by molar-refractivity contribution is 7.22. The number of carbonyl (C=O) groups excluding carboxylic acids is 2. The van der Waals surface area contributed by atoms with Gasteiger partial charge in [0.25, 0.3) is 5.78 Å². The van der Waals surface area contributed by atoms with E-state index in [1.54, 1.807) is 0 Å². The van der Waals surface area contributed by atoms with Crippen molar-refractivity contribution in [2.45, 2.75) is 53.0 Å². The number of aliphatic hydroxyl groups is 1. The molecule has 4 aromatic rings. The molecule has 0 bridgehead atoms. The molecular formula is C31H30N2O3S. The van der Waals surface area contributed by atoms with Crippen molar-refractivity contribution >= 4 is 44.1 Å². The summed E-state index contributed by atoms with van der Waals surface area (Å²) in [6.07, 6.45) is 0. The molecule has 0 spiro atoms. The molecule has 2 heterocycles. The summed E-state index contributed by atoms with van der Waals surface area (Å²) in [6.45, 7) is 12.2. The second-order valence-corrected chi connectivity index (χ2v) is 11.8. The number of anilines is 1. The number of fused-ring (bicyclic) bond motifs is 1. The maximum absolute atomic E-state index is 13.6. The van der Waals surface area contributed by atoms with E-state index in [1.165, 1.54) is 16.2 Å². The standard InChI is InChI=1S/C31H30N2O3S/c1-17-7-9-19(3)22(15-17)27(34)25-26(20-10-12-21(13-11-20)31(4,5)6)33(29(36)28(25)35)30-32-23-14-8-18(2)16-24(23)37-30/h7-16,26,34H,1-6H3. The normalized spacial score (nSPS) is 17.7. The molecule has 1 aromatic heterocycles. The third-order valence-electron chi connectivity index (χ3n) is 6.92. The van der Waals surface area contributed by atoms with Crippen molar-refractivity contribution in [1.82, 2.24) is 4.98 Å². The highest BCUT2D eigenvalue weighted by atomic mass is 32.1. The van der Waals surface area contributed by atoms with E-state index in [4.69, 9.17) is 4.98 Å². The summed E-state index contributed by atoms with van der Waals surface area (Å²) in [5, 5.41) is 12.0. The minimum Gasteiger partial charge on any atom is -0.507 e. The monoisotopic (exact) mass is 510 g/mol. The number of Topliss-reactive ketones (excluding diaryl/α,β-unsaturated/α-hetero) is 1. The van der Waals surface area contributed by atoms with Gasteiger partial charge < -0.3 is 5.11 Å². The summed E-state index contributed by atoms with van der Waals surface area (Å²) >= 11 is 1.37. The molecule has 0 saturated carbocycles. The first-order valence-corrected chi connectivity index (χ1v) is 13.1. The molecule has 0 radical (unpaired) electrons. The highest BCUT2D eigenvalue weighted by Gasteiger charge is 2.48. The SMILES string of the molecule is Cc1ccc(C)c(C(O)=C2C(=O)C(=O)N(c3nc4ccc(C)cc4s3)C2c2ccc(C(C)(C)C)cc2)c1. The lowest BCUT2D eigenvalue weighted by atomic mass is 9.85. The molecule has 0 aliphatic carbocycles. The Bertz CT molecular complexity index is 1590. The summed E-state index contributed by atoms with van der Waals surface area (Å²) in [6, 6.07) is 18.8. The second-order valence-electron chi connectivity index (χ2n) is 10.8. The Morgan fingerprint density at radius 1 is 0.919 bits per heavy atom. The third kappa shape index (κ3) is 4.36. The predicted octanol–water partition coefficient (Wildman–Crippen LogP) is 7.15. The van der Waals surface area contributed by atoms with Crippen LogP contribution in [0.4, 0.5) is 5.13 Å². The van der Waals surface area contributed by atoms with Crippen LogP contribution in [-0.4, -0.2) is 21.8 Å². The van der Waals surface area contributed by atoms with Crippen LogP contribution in [-0.2, 0) is 15.0 Å². The molecular weight excluding hydrogens is 480 g/mol. The number of amides is 1. The van der Waals surface area contributed by atoms with Crippen molar-refractivity contribution in [3.8, 4) is 0 Å². The van der Waals surface area contributed by atoms with E-state index in [0.29, 0.717) is 10.7 Å². The molecule has 37 heavy (non-hydrogen) atoms. The molecule has 1 fully saturated rings. The van der Waals surface area contributed by atoms with Crippen molar-refractivity contribution in [3.63, 3.8) is 0 Å². The summed E-state index contributed by atoms with van der Waals surface area (Å²) in [5.74, 6) is -1.56. The number of aromatic nitrogens is 1. The van der Waals surface area contributed by atoms with Crippen molar-refractivity contribution < 1.29 is 14.7 Å². The number of aliphatic hydroxyl groups excluding tert-OH is 1. The van der Waals surface area contributed by atoms with Crippen LogP contribution in [0.5, 0.6) is 0 Å². The maximum atomic E-state index is 13.6. The first kappa shape index (κ1) is 24.9. The van der Waals surface area contributed by atoms with E-state index in [9.17, 15) is 14.7 Å². The average molecular weight is 511 g/mol. The number of rotatable bonds is 3. The van der Waals surface area contributed by atoms with E-state index in [0.717, 1.165) is 38.0 Å². The number of benzene rings is 3. The molecule has 1 saturated heterocycles. The molecule has 1 amide bonds. The highest BCUT2D eigenvalue weighted by Crippen LogP contribution is 2.45. The fourth-order valence-electron chi connectivity index (χ4n) is 4.77. The zero-order valence-corrected chi connectivity index (χ0v) is 22.7. The summed E-state index contributed by atoms with van der Waals surface area (Å²) in [4.78, 5) is 33.3. The summed E-state index contributed by atoms with van der Waals surface area (Å²) in [5.41, 5.74) is 6.10. The van der Waals surface area contributed by atoms with Crippen molar-refractivity contribution in [2.75, 3.05) is 4.90 Å². The van der Waals surface area contributed by atoms with Crippen LogP contribution in [0, 0.1) is 20.8 Å². The number of hydrogen-bond donors (Lipinski definition) is 1. The summed E-state index contributed by atoms with van der Waals surface area (Å²) in [7, 11) is 0. The lowest BCUT2D eigenvalue weighted by Crippen LogP contribution is -2.29. The smallest absolute Gasteiger partial charge is 0.301 e. The van der Waals surface area contributed by atoms with Gasteiger partial charge in [-0.3, -0.25) is 14.5 Å². The average Bonchev–Trinajstić information content (AvgIpc) is 3.37. The molecule has 1 unspecified atom stereocenters. The number of nitrogens with zero attached hydrogens (tertiary/aromatic N) is 2. The topological polar surface area (TPSA) is 70.5 Å². The van der Waals surface area contributed by atoms with E-state index in [2.05, 4.69) is 20.8 Å². The Labute approximate surface area is 221 Å². The molecule has 1 N–H and O–H groups in total. The van der Waals surface area contributed by atoms with Crippen LogP contribution < -0.4 is 4.90 Å². The van der Waals surface area contributed by atoms with Gasteiger partial charge in [0.2, 0.25) is 0 Å². The van der Waals surface area contributed by atoms with Crippen LogP contribution in [0.15, 0.2) is 66.2 Å². The number of ketones is 1. The summed E-state index contributed by atoms with van der Waals surface area (Å²) < 4.78 is 0.938. The van der Waals surface area contributed by atoms with E-state index in [-0.39, 0.29) is 16.7 Å². The lowest BCUT2D eigenvalue weighted by Gasteiger charge is -2.25.